The number of carbonyl (C=O) groups is 1. The predicted octanol–water partition coefficient (Wildman–Crippen LogP) is 4.96. The van der Waals surface area contributed by atoms with E-state index in [-0.39, 0.29) is 29.5 Å². The van der Waals surface area contributed by atoms with Gasteiger partial charge in [0.05, 0.1) is 18.1 Å². The molecule has 4 atom stereocenters. The van der Waals surface area contributed by atoms with E-state index in [4.69, 9.17) is 9.47 Å². The van der Waals surface area contributed by atoms with Crippen LogP contribution >= 0.6 is 0 Å². The molecule has 0 spiro atoms. The van der Waals surface area contributed by atoms with Crippen molar-refractivity contribution in [1.82, 2.24) is 0 Å². The van der Waals surface area contributed by atoms with Gasteiger partial charge in [-0.15, -0.1) is 0 Å². The fraction of sp³-hybridized carbons (Fsp3) is 0.682. The molecule has 1 saturated heterocycles. The highest BCUT2D eigenvalue weighted by Gasteiger charge is 2.52. The van der Waals surface area contributed by atoms with E-state index in [1.54, 1.807) is 0 Å². The highest BCUT2D eigenvalue weighted by molar-refractivity contribution is 5.71. The van der Waals surface area contributed by atoms with Crippen LogP contribution in [0.15, 0.2) is 18.2 Å². The molecule has 1 fully saturated rings. The van der Waals surface area contributed by atoms with E-state index in [0.717, 1.165) is 11.3 Å². The Hall–Kier alpha value is -1.55. The van der Waals surface area contributed by atoms with Gasteiger partial charge in [-0.05, 0) is 49.3 Å². The number of rotatable bonds is 2. The van der Waals surface area contributed by atoms with Crippen molar-refractivity contribution in [2.75, 3.05) is 0 Å². The summed E-state index contributed by atoms with van der Waals surface area (Å²) >= 11 is 0. The molecule has 0 unspecified atom stereocenters. The van der Waals surface area contributed by atoms with E-state index >= 15 is 0 Å². The third kappa shape index (κ3) is 3.24. The SMILES string of the molecule is CC(C)[C@H]1O[C@H]2c3cc(C(C)(C)C)ccc3OC(C)(C)[C@@H]2C[C@@H]1C(=O)O. The Bertz CT molecular complexity index is 699. The Morgan fingerprint density at radius 3 is 2.46 bits per heavy atom. The highest BCUT2D eigenvalue weighted by Crippen LogP contribution is 2.53. The van der Waals surface area contributed by atoms with Crippen LogP contribution in [0.5, 0.6) is 5.75 Å². The maximum atomic E-state index is 11.9. The summed E-state index contributed by atoms with van der Waals surface area (Å²) in [6.45, 7) is 14.7. The van der Waals surface area contributed by atoms with Gasteiger partial charge in [0.25, 0.3) is 0 Å². The van der Waals surface area contributed by atoms with Crippen LogP contribution in [-0.2, 0) is 14.9 Å². The number of ether oxygens (including phenoxy) is 2. The average Bonchev–Trinajstić information content (AvgIpc) is 2.51. The highest BCUT2D eigenvalue weighted by atomic mass is 16.5. The van der Waals surface area contributed by atoms with Crippen LogP contribution in [0, 0.1) is 17.8 Å². The lowest BCUT2D eigenvalue weighted by molar-refractivity contribution is -0.195. The first-order valence-electron chi connectivity index (χ1n) is 9.63. The largest absolute Gasteiger partial charge is 0.487 e. The number of benzene rings is 1. The second-order valence-electron chi connectivity index (χ2n) is 9.76. The molecule has 1 aromatic rings. The van der Waals surface area contributed by atoms with Crippen molar-refractivity contribution in [2.24, 2.45) is 17.8 Å². The van der Waals surface area contributed by atoms with Crippen molar-refractivity contribution in [3.63, 3.8) is 0 Å². The standard InChI is InChI=1S/C22H32O4/c1-12(2)18-15(20(23)24)11-16-19(25-18)14-10-13(21(3,4)5)8-9-17(14)26-22(16,6)7/h8-10,12,15-16,18-19H,11H2,1-7H3,(H,23,24)/t15-,16+,18+,19-/m0/s1. The molecule has 2 aliphatic heterocycles. The molecule has 0 saturated carbocycles. The molecule has 0 aliphatic carbocycles. The molecule has 2 aliphatic rings. The molecule has 4 nitrogen and oxygen atoms in total. The molecule has 144 valence electrons. The van der Waals surface area contributed by atoms with E-state index in [1.165, 1.54) is 5.56 Å². The molecule has 0 bridgehead atoms. The van der Waals surface area contributed by atoms with E-state index in [2.05, 4.69) is 32.9 Å². The third-order valence-electron chi connectivity index (χ3n) is 6.00. The first kappa shape index (κ1) is 19.2. The molecule has 0 radical (unpaired) electrons. The second-order valence-corrected chi connectivity index (χ2v) is 9.76. The van der Waals surface area contributed by atoms with Crippen molar-refractivity contribution < 1.29 is 19.4 Å². The van der Waals surface area contributed by atoms with E-state index in [1.807, 2.05) is 33.8 Å². The maximum Gasteiger partial charge on any atom is 0.309 e. The summed E-state index contributed by atoms with van der Waals surface area (Å²) in [7, 11) is 0. The normalized spacial score (nSPS) is 30.3. The number of hydrogen-bond acceptors (Lipinski definition) is 3. The summed E-state index contributed by atoms with van der Waals surface area (Å²) in [6.07, 6.45) is 0.169. The summed E-state index contributed by atoms with van der Waals surface area (Å²) in [5.74, 6) is -0.238. The van der Waals surface area contributed by atoms with Crippen molar-refractivity contribution in [1.29, 1.82) is 0 Å². The quantitative estimate of drug-likeness (QED) is 0.810. The van der Waals surface area contributed by atoms with Crippen LogP contribution in [0.1, 0.15) is 72.1 Å². The summed E-state index contributed by atoms with van der Waals surface area (Å²) in [5, 5.41) is 9.74. The molecule has 1 aromatic carbocycles. The first-order valence-corrected chi connectivity index (χ1v) is 9.63. The van der Waals surface area contributed by atoms with Gasteiger partial charge in [-0.1, -0.05) is 40.7 Å². The fourth-order valence-corrected chi connectivity index (χ4v) is 4.38. The number of fused-ring (bicyclic) bond motifs is 3. The van der Waals surface area contributed by atoms with Crippen LogP contribution in [-0.4, -0.2) is 22.8 Å². The third-order valence-corrected chi connectivity index (χ3v) is 6.00. The molecule has 0 amide bonds. The molecular formula is C22H32O4. The maximum absolute atomic E-state index is 11.9. The summed E-state index contributed by atoms with van der Waals surface area (Å²) in [4.78, 5) is 11.9. The van der Waals surface area contributed by atoms with E-state index < -0.39 is 17.5 Å². The Morgan fingerprint density at radius 1 is 1.27 bits per heavy atom. The molecular weight excluding hydrogens is 328 g/mol. The van der Waals surface area contributed by atoms with Gasteiger partial charge in [-0.2, -0.15) is 0 Å². The Kier molecular flexibility index (Phi) is 4.63. The molecule has 3 rings (SSSR count). The summed E-state index contributed by atoms with van der Waals surface area (Å²) in [6, 6.07) is 6.36. The summed E-state index contributed by atoms with van der Waals surface area (Å²) < 4.78 is 12.8. The smallest absolute Gasteiger partial charge is 0.309 e. The number of aliphatic carboxylic acids is 1. The minimum Gasteiger partial charge on any atom is -0.487 e. The minimum atomic E-state index is -0.771. The van der Waals surface area contributed by atoms with Crippen LogP contribution < -0.4 is 4.74 Å². The minimum absolute atomic E-state index is 0.0151. The molecule has 0 aromatic heterocycles. The lowest BCUT2D eigenvalue weighted by Crippen LogP contribution is -2.53. The molecule has 1 N–H and O–H groups in total. The van der Waals surface area contributed by atoms with Gasteiger partial charge in [-0.3, -0.25) is 4.79 Å². The number of hydrogen-bond donors (Lipinski definition) is 1. The fourth-order valence-electron chi connectivity index (χ4n) is 4.38. The zero-order valence-electron chi connectivity index (χ0n) is 17.0. The van der Waals surface area contributed by atoms with Crippen LogP contribution in [0.2, 0.25) is 0 Å². The van der Waals surface area contributed by atoms with Gasteiger partial charge in [0.2, 0.25) is 0 Å². The Balaban J connectivity index is 2.08. The zero-order chi connectivity index (χ0) is 19.4. The van der Waals surface area contributed by atoms with Gasteiger partial charge in [0, 0.05) is 11.5 Å². The Labute approximate surface area is 156 Å². The van der Waals surface area contributed by atoms with Crippen LogP contribution in [0.4, 0.5) is 0 Å². The number of carboxylic acids is 1. The lowest BCUT2D eigenvalue weighted by atomic mass is 9.70. The zero-order valence-corrected chi connectivity index (χ0v) is 17.0. The topological polar surface area (TPSA) is 55.8 Å². The van der Waals surface area contributed by atoms with Gasteiger partial charge < -0.3 is 14.6 Å². The molecule has 26 heavy (non-hydrogen) atoms. The molecule has 4 heteroatoms. The van der Waals surface area contributed by atoms with Crippen molar-refractivity contribution in [2.45, 2.75) is 78.1 Å². The summed E-state index contributed by atoms with van der Waals surface area (Å²) in [5.41, 5.74) is 1.88. The van der Waals surface area contributed by atoms with Gasteiger partial charge in [-0.25, -0.2) is 0 Å². The van der Waals surface area contributed by atoms with Crippen LogP contribution in [0.3, 0.4) is 0 Å². The second kappa shape index (κ2) is 6.26. The Morgan fingerprint density at radius 2 is 1.92 bits per heavy atom. The van der Waals surface area contributed by atoms with Crippen LogP contribution in [0.25, 0.3) is 0 Å². The van der Waals surface area contributed by atoms with Gasteiger partial charge in [0.15, 0.2) is 0 Å². The van der Waals surface area contributed by atoms with Gasteiger partial charge >= 0.3 is 5.97 Å². The van der Waals surface area contributed by atoms with E-state index in [9.17, 15) is 9.90 Å². The van der Waals surface area contributed by atoms with Crippen molar-refractivity contribution >= 4 is 5.97 Å². The molecule has 2 heterocycles. The lowest BCUT2D eigenvalue weighted by Gasteiger charge is -2.51. The van der Waals surface area contributed by atoms with Crippen molar-refractivity contribution in [3.8, 4) is 5.75 Å². The number of carboxylic acid groups (broad SMARTS) is 1. The monoisotopic (exact) mass is 360 g/mol. The van der Waals surface area contributed by atoms with Crippen molar-refractivity contribution in [3.05, 3.63) is 29.3 Å². The van der Waals surface area contributed by atoms with Gasteiger partial charge in [0.1, 0.15) is 11.4 Å². The average molecular weight is 360 g/mol. The first-order chi connectivity index (χ1) is 11.9. The predicted molar refractivity (Wildman–Crippen MR) is 102 cm³/mol. The van der Waals surface area contributed by atoms with E-state index in [0.29, 0.717) is 6.42 Å².